The van der Waals surface area contributed by atoms with E-state index in [1.54, 1.807) is 0 Å². The molecule has 1 aliphatic carbocycles. The highest BCUT2D eigenvalue weighted by Gasteiger charge is 2.35. The smallest absolute Gasteiger partial charge is 0.226 e. The van der Waals surface area contributed by atoms with Gasteiger partial charge in [0.05, 0.1) is 0 Å². The quantitative estimate of drug-likeness (QED) is 0.872. The molecule has 0 radical (unpaired) electrons. The average Bonchev–Trinajstić information content (AvgIpc) is 2.94. The monoisotopic (exact) mass is 280 g/mol. The van der Waals surface area contributed by atoms with Gasteiger partial charge in [-0.2, -0.15) is 10.1 Å². The number of anilines is 1. The van der Waals surface area contributed by atoms with E-state index < -0.39 is 0 Å². The molecule has 1 aliphatic heterocycles. The molecule has 2 aliphatic rings. The lowest BCUT2D eigenvalue weighted by molar-refractivity contribution is -0.116. The van der Waals surface area contributed by atoms with Crippen LogP contribution in [0.25, 0.3) is 0 Å². The molecule has 1 atom stereocenters. The first-order valence-electron chi connectivity index (χ1n) is 7.23. The Morgan fingerprint density at radius 1 is 1.24 bits per heavy atom. The van der Waals surface area contributed by atoms with Crippen LogP contribution in [0.4, 0.5) is 5.95 Å². The van der Waals surface area contributed by atoms with Crippen molar-refractivity contribution in [2.45, 2.75) is 32.2 Å². The molecule has 5 heteroatoms. The molecule has 0 bridgehead atoms. The molecule has 106 valence electrons. The Morgan fingerprint density at radius 2 is 2.05 bits per heavy atom. The van der Waals surface area contributed by atoms with Crippen LogP contribution in [0, 0.1) is 6.92 Å². The number of carbonyl (C=O) groups is 1. The molecule has 0 fully saturated rings. The molecule has 0 spiro atoms. The number of nitrogens with zero attached hydrogens (tertiary/aromatic N) is 3. The Bertz CT molecular complexity index is 742. The van der Waals surface area contributed by atoms with Crippen molar-refractivity contribution in [3.63, 3.8) is 0 Å². The zero-order chi connectivity index (χ0) is 14.4. The second-order valence-corrected chi connectivity index (χ2v) is 5.64. The molecule has 0 saturated heterocycles. The number of aromatic nitrogens is 3. The van der Waals surface area contributed by atoms with Crippen molar-refractivity contribution in [2.75, 3.05) is 5.32 Å². The lowest BCUT2D eigenvalue weighted by Crippen LogP contribution is -2.31. The van der Waals surface area contributed by atoms with Crippen LogP contribution >= 0.6 is 0 Å². The number of hydrogen-bond acceptors (Lipinski definition) is 4. The minimum atomic E-state index is -0.160. The summed E-state index contributed by atoms with van der Waals surface area (Å²) in [6, 6.07) is 8.13. The molecule has 0 saturated carbocycles. The second-order valence-electron chi connectivity index (χ2n) is 5.64. The summed E-state index contributed by atoms with van der Waals surface area (Å²) in [5.41, 5.74) is 4.15. The van der Waals surface area contributed by atoms with Crippen LogP contribution in [0.2, 0.25) is 0 Å². The SMILES string of the molecule is Cc1ccc([C@H]2C3=C(CCCC3=O)Nc3ncnn32)cc1. The van der Waals surface area contributed by atoms with E-state index in [1.807, 2.05) is 4.68 Å². The van der Waals surface area contributed by atoms with Gasteiger partial charge >= 0.3 is 0 Å². The molecule has 1 N–H and O–H groups in total. The number of nitrogens with one attached hydrogen (secondary N) is 1. The predicted octanol–water partition coefficient (Wildman–Crippen LogP) is 2.61. The number of benzene rings is 1. The van der Waals surface area contributed by atoms with Crippen LogP contribution in [-0.4, -0.2) is 20.5 Å². The lowest BCUT2D eigenvalue weighted by Gasteiger charge is -2.32. The van der Waals surface area contributed by atoms with Crippen LogP contribution in [0.5, 0.6) is 0 Å². The third kappa shape index (κ3) is 1.88. The van der Waals surface area contributed by atoms with E-state index in [1.165, 1.54) is 11.9 Å². The Hall–Kier alpha value is -2.43. The highest BCUT2D eigenvalue weighted by molar-refractivity contribution is 5.99. The van der Waals surface area contributed by atoms with Crippen molar-refractivity contribution >= 4 is 11.7 Å². The van der Waals surface area contributed by atoms with Gasteiger partial charge in [0.15, 0.2) is 5.78 Å². The number of hydrogen-bond donors (Lipinski definition) is 1. The fourth-order valence-electron chi connectivity index (χ4n) is 3.15. The molecular weight excluding hydrogens is 264 g/mol. The third-order valence-electron chi connectivity index (χ3n) is 4.20. The Balaban J connectivity index is 1.91. The van der Waals surface area contributed by atoms with Gasteiger partial charge in [0.25, 0.3) is 0 Å². The number of fused-ring (bicyclic) bond motifs is 1. The number of aryl methyl sites for hydroxylation is 1. The minimum Gasteiger partial charge on any atom is -0.328 e. The highest BCUT2D eigenvalue weighted by atomic mass is 16.1. The highest BCUT2D eigenvalue weighted by Crippen LogP contribution is 2.39. The molecule has 1 aromatic heterocycles. The maximum atomic E-state index is 12.5. The number of Topliss-reactive ketones (excluding diaryl/α,β-unsaturated/α-hetero) is 1. The first kappa shape index (κ1) is 12.3. The van der Waals surface area contributed by atoms with Crippen LogP contribution in [0.1, 0.15) is 36.4 Å². The third-order valence-corrected chi connectivity index (χ3v) is 4.20. The van der Waals surface area contributed by atoms with Crippen molar-refractivity contribution in [2.24, 2.45) is 0 Å². The molecule has 4 rings (SSSR count). The number of carbonyl (C=O) groups excluding carboxylic acids is 1. The van der Waals surface area contributed by atoms with Gasteiger partial charge in [0.1, 0.15) is 12.4 Å². The fourth-order valence-corrected chi connectivity index (χ4v) is 3.15. The van der Waals surface area contributed by atoms with E-state index in [4.69, 9.17) is 0 Å². The van der Waals surface area contributed by atoms with Gasteiger partial charge < -0.3 is 5.32 Å². The summed E-state index contributed by atoms with van der Waals surface area (Å²) in [6.07, 6.45) is 3.95. The summed E-state index contributed by atoms with van der Waals surface area (Å²) in [5, 5.41) is 7.59. The summed E-state index contributed by atoms with van der Waals surface area (Å²) >= 11 is 0. The van der Waals surface area contributed by atoms with Gasteiger partial charge in [0, 0.05) is 17.7 Å². The summed E-state index contributed by atoms with van der Waals surface area (Å²) in [4.78, 5) is 16.7. The van der Waals surface area contributed by atoms with Gasteiger partial charge in [-0.25, -0.2) is 4.68 Å². The number of ketones is 1. The minimum absolute atomic E-state index is 0.160. The molecule has 2 aromatic rings. The van der Waals surface area contributed by atoms with Crippen molar-refractivity contribution < 1.29 is 4.79 Å². The first-order chi connectivity index (χ1) is 10.2. The van der Waals surface area contributed by atoms with E-state index in [2.05, 4.69) is 46.6 Å². The van der Waals surface area contributed by atoms with Gasteiger partial charge in [0.2, 0.25) is 5.95 Å². The largest absolute Gasteiger partial charge is 0.328 e. The van der Waals surface area contributed by atoms with E-state index >= 15 is 0 Å². The topological polar surface area (TPSA) is 59.8 Å². The summed E-state index contributed by atoms with van der Waals surface area (Å²) in [6.45, 7) is 2.06. The standard InChI is InChI=1S/C16H16N4O/c1-10-5-7-11(8-6-10)15-14-12(3-2-4-13(14)21)19-16-17-9-18-20(15)16/h5-9,15H,2-4H2,1H3,(H,17,18,19)/t15-/m0/s1. The van der Waals surface area contributed by atoms with Gasteiger partial charge in [-0.15, -0.1) is 0 Å². The lowest BCUT2D eigenvalue weighted by atomic mass is 9.85. The molecule has 5 nitrogen and oxygen atoms in total. The van der Waals surface area contributed by atoms with Gasteiger partial charge in [-0.05, 0) is 25.3 Å². The maximum absolute atomic E-state index is 12.5. The van der Waals surface area contributed by atoms with E-state index in [-0.39, 0.29) is 11.8 Å². The molecule has 21 heavy (non-hydrogen) atoms. The van der Waals surface area contributed by atoms with Crippen LogP contribution in [0.15, 0.2) is 41.9 Å². The van der Waals surface area contributed by atoms with Crippen molar-refractivity contribution in [3.8, 4) is 0 Å². The predicted molar refractivity (Wildman–Crippen MR) is 78.8 cm³/mol. The van der Waals surface area contributed by atoms with Gasteiger partial charge in [-0.1, -0.05) is 29.8 Å². The zero-order valence-electron chi connectivity index (χ0n) is 11.8. The van der Waals surface area contributed by atoms with E-state index in [9.17, 15) is 4.79 Å². The second kappa shape index (κ2) is 4.55. The summed E-state index contributed by atoms with van der Waals surface area (Å²) < 4.78 is 1.81. The summed E-state index contributed by atoms with van der Waals surface area (Å²) in [5.74, 6) is 0.935. The van der Waals surface area contributed by atoms with Crippen molar-refractivity contribution in [1.29, 1.82) is 0 Å². The first-order valence-corrected chi connectivity index (χ1v) is 7.23. The number of allylic oxidation sites excluding steroid dienone is 2. The normalized spacial score (nSPS) is 20.8. The van der Waals surface area contributed by atoms with Crippen molar-refractivity contribution in [1.82, 2.24) is 14.8 Å². The van der Waals surface area contributed by atoms with Crippen LogP contribution in [0.3, 0.4) is 0 Å². The molecular formula is C16H16N4O. The number of rotatable bonds is 1. The van der Waals surface area contributed by atoms with Gasteiger partial charge in [-0.3, -0.25) is 4.79 Å². The molecule has 2 heterocycles. The van der Waals surface area contributed by atoms with Crippen molar-refractivity contribution in [3.05, 3.63) is 53.0 Å². The molecule has 0 amide bonds. The fraction of sp³-hybridized carbons (Fsp3) is 0.312. The maximum Gasteiger partial charge on any atom is 0.226 e. The van der Waals surface area contributed by atoms with Crippen LogP contribution < -0.4 is 5.32 Å². The molecule has 1 aromatic carbocycles. The molecule has 0 unspecified atom stereocenters. The zero-order valence-corrected chi connectivity index (χ0v) is 11.8. The van der Waals surface area contributed by atoms with E-state index in [0.717, 1.165) is 29.7 Å². The Labute approximate surface area is 122 Å². The average molecular weight is 280 g/mol. The van der Waals surface area contributed by atoms with E-state index in [0.29, 0.717) is 12.4 Å². The van der Waals surface area contributed by atoms with Crippen LogP contribution in [-0.2, 0) is 4.79 Å². The Kier molecular flexibility index (Phi) is 2.67. The summed E-state index contributed by atoms with van der Waals surface area (Å²) in [7, 11) is 0. The Morgan fingerprint density at radius 3 is 2.86 bits per heavy atom.